The average Bonchev–Trinajstić information content (AvgIpc) is 4.02. The highest BCUT2D eigenvalue weighted by Crippen LogP contribution is 2.33. The summed E-state index contributed by atoms with van der Waals surface area (Å²) in [5.74, 6) is 9.00. The molecule has 0 bridgehead atoms. The van der Waals surface area contributed by atoms with Gasteiger partial charge in [0.25, 0.3) is 0 Å². The smallest absolute Gasteiger partial charge is 0.246 e. The Kier molecular flexibility index (Phi) is 18.6. The zero-order chi connectivity index (χ0) is 50.5. The first-order chi connectivity index (χ1) is 33.5. The molecule has 2 aliphatic carbocycles. The van der Waals surface area contributed by atoms with Crippen molar-refractivity contribution in [2.24, 2.45) is 5.41 Å². The van der Waals surface area contributed by atoms with Crippen LogP contribution in [0, 0.1) is 29.1 Å². The lowest BCUT2D eigenvalue weighted by Gasteiger charge is -2.36. The van der Waals surface area contributed by atoms with E-state index in [4.69, 9.17) is 0 Å². The molecule has 0 unspecified atom stereocenters. The predicted molar refractivity (Wildman–Crippen MR) is 267 cm³/mol. The molecule has 0 spiro atoms. The zero-order valence-electron chi connectivity index (χ0n) is 42.0. The molecule has 2 fully saturated rings. The molecular weight excluding hydrogens is 887 g/mol. The van der Waals surface area contributed by atoms with E-state index < -0.39 is 53.6 Å². The fourth-order valence-corrected chi connectivity index (χ4v) is 9.90. The Balaban J connectivity index is 1.07. The summed E-state index contributed by atoms with van der Waals surface area (Å²) in [6.07, 6.45) is 6.86. The molecule has 70 heavy (non-hydrogen) atoms. The number of fused-ring (bicyclic) bond motifs is 2. The van der Waals surface area contributed by atoms with Gasteiger partial charge in [-0.2, -0.15) is 0 Å². The second-order valence-electron chi connectivity index (χ2n) is 20.2. The number of benzene rings is 2. The summed E-state index contributed by atoms with van der Waals surface area (Å²) in [4.78, 5) is 99.0. The molecule has 2 heterocycles. The quantitative estimate of drug-likeness (QED) is 0.123. The SMILES string of the molecule is CN[C@@H](C)C(=O)N[C@@H](CC#CC#CCCC(=O)N[C@H]1C[C@@H](C(=O)N[C@@H]2CCCc3ccccc32)N(C(=O)[C@@H](NC(=O)[C@H](C)NC)C(C)(C)C)C1)C(=O)N1CCC[C@H]1C(=O)N[C@@H]1CCCc2ccccc21. The highest BCUT2D eigenvalue weighted by atomic mass is 16.2. The van der Waals surface area contributed by atoms with Gasteiger partial charge in [0.05, 0.1) is 24.2 Å². The van der Waals surface area contributed by atoms with E-state index in [0.717, 1.165) is 49.7 Å². The van der Waals surface area contributed by atoms with Crippen molar-refractivity contribution in [2.45, 2.75) is 166 Å². The first-order valence-electron chi connectivity index (χ1n) is 25.1. The molecule has 2 aliphatic heterocycles. The van der Waals surface area contributed by atoms with Crippen LogP contribution in [0.2, 0.25) is 0 Å². The highest BCUT2D eigenvalue weighted by Gasteiger charge is 2.46. The number of carbonyl (C=O) groups excluding carboxylic acids is 7. The van der Waals surface area contributed by atoms with E-state index in [1.54, 1.807) is 32.8 Å². The van der Waals surface area contributed by atoms with Gasteiger partial charge >= 0.3 is 0 Å². The normalized spacial score (nSPS) is 22.2. The zero-order valence-corrected chi connectivity index (χ0v) is 42.0. The number of nitrogens with one attached hydrogen (secondary N) is 7. The van der Waals surface area contributed by atoms with E-state index in [2.05, 4.69) is 73.0 Å². The number of likely N-dealkylation sites (N-methyl/N-ethyl adjacent to an activating group) is 2. The summed E-state index contributed by atoms with van der Waals surface area (Å²) in [5, 5.41) is 21.0. The number of hydrogen-bond donors (Lipinski definition) is 7. The minimum Gasteiger partial charge on any atom is -0.351 e. The molecule has 0 aromatic heterocycles. The molecule has 0 radical (unpaired) electrons. The van der Waals surface area contributed by atoms with Crippen molar-refractivity contribution in [3.63, 3.8) is 0 Å². The largest absolute Gasteiger partial charge is 0.351 e. The second kappa shape index (κ2) is 24.6. The number of nitrogens with zero attached hydrogens (tertiary/aromatic N) is 2. The highest BCUT2D eigenvalue weighted by molar-refractivity contribution is 5.95. The van der Waals surface area contributed by atoms with Crippen molar-refractivity contribution in [3.8, 4) is 23.7 Å². The molecule has 9 atom stereocenters. The molecule has 2 aromatic rings. The van der Waals surface area contributed by atoms with Crippen molar-refractivity contribution in [1.82, 2.24) is 47.0 Å². The minimum absolute atomic E-state index is 0.0291. The number of carbonyl (C=O) groups is 7. The van der Waals surface area contributed by atoms with Gasteiger partial charge in [0.1, 0.15) is 24.2 Å². The van der Waals surface area contributed by atoms with E-state index in [1.807, 2.05) is 57.2 Å². The third-order valence-electron chi connectivity index (χ3n) is 14.2. The third kappa shape index (κ3) is 13.5. The fourth-order valence-electron chi connectivity index (χ4n) is 9.90. The van der Waals surface area contributed by atoms with Crippen LogP contribution in [0.5, 0.6) is 0 Å². The van der Waals surface area contributed by atoms with Gasteiger partial charge in [0.2, 0.25) is 41.4 Å². The molecule has 6 rings (SSSR count). The summed E-state index contributed by atoms with van der Waals surface area (Å²) in [6.45, 7) is 9.43. The monoisotopic (exact) mass is 960 g/mol. The first-order valence-corrected chi connectivity index (χ1v) is 25.1. The van der Waals surface area contributed by atoms with Gasteiger partial charge in [-0.25, -0.2) is 0 Å². The molecule has 16 nitrogen and oxygen atoms in total. The Hall–Kier alpha value is -6.23. The maximum Gasteiger partial charge on any atom is 0.246 e. The number of amides is 7. The standard InChI is InChI=1S/C54H73N9O7/c1-34(55-6)48(65)60-43(52(69)62-31-19-29-44(62)50(67)58-41-27-17-22-36-20-13-15-24-39(36)41)26-11-9-8-10-12-30-46(64)57-38-32-45(51(68)59-42-28-18-23-37-21-14-16-25-40(37)42)63(33-38)53(70)47(54(3,4)5)61-49(66)35(2)56-7/h13-16,20-21,24-25,34-35,38,41-45,47,55-56H,12,17-19,22-23,26-33H2,1-7H3,(H,57,64)(H,58,67)(H,59,68)(H,60,65)(H,61,66)/t34-,35-,38-,41+,42+,43-,44-,45-,47+/m0/s1. The third-order valence-corrected chi connectivity index (χ3v) is 14.2. The van der Waals surface area contributed by atoms with Gasteiger partial charge in [-0.1, -0.05) is 81.1 Å². The Labute approximate surface area is 413 Å². The molecule has 7 N–H and O–H groups in total. The molecule has 2 saturated heterocycles. The van der Waals surface area contributed by atoms with Crippen LogP contribution >= 0.6 is 0 Å². The summed E-state index contributed by atoms with van der Waals surface area (Å²) in [6, 6.07) is 10.6. The van der Waals surface area contributed by atoms with Crippen LogP contribution in [-0.4, -0.2) is 121 Å². The van der Waals surface area contributed by atoms with Gasteiger partial charge in [-0.3, -0.25) is 33.6 Å². The van der Waals surface area contributed by atoms with Crippen molar-refractivity contribution < 1.29 is 33.6 Å². The van der Waals surface area contributed by atoms with Gasteiger partial charge in [-0.15, -0.1) is 0 Å². The van der Waals surface area contributed by atoms with E-state index in [9.17, 15) is 33.6 Å². The molecular formula is C54H73N9O7. The Bertz CT molecular complexity index is 2380. The van der Waals surface area contributed by atoms with E-state index in [1.165, 1.54) is 16.0 Å². The van der Waals surface area contributed by atoms with Crippen molar-refractivity contribution >= 4 is 41.4 Å². The number of likely N-dealkylation sites (tertiary alicyclic amines) is 2. The molecule has 16 heteroatoms. The topological polar surface area (TPSA) is 210 Å². The van der Waals surface area contributed by atoms with Crippen molar-refractivity contribution in [3.05, 3.63) is 70.8 Å². The van der Waals surface area contributed by atoms with Crippen molar-refractivity contribution in [2.75, 3.05) is 27.2 Å². The Morgan fingerprint density at radius 3 is 1.81 bits per heavy atom. The number of aryl methyl sites for hydroxylation is 2. The molecule has 376 valence electrons. The summed E-state index contributed by atoms with van der Waals surface area (Å²) < 4.78 is 0. The second-order valence-corrected chi connectivity index (χ2v) is 20.2. The molecule has 2 aromatic carbocycles. The van der Waals surface area contributed by atoms with Crippen LogP contribution in [0.4, 0.5) is 0 Å². The fraction of sp³-hybridized carbons (Fsp3) is 0.574. The maximum absolute atomic E-state index is 14.5. The van der Waals surface area contributed by atoms with Crippen LogP contribution in [0.15, 0.2) is 48.5 Å². The molecule has 7 amide bonds. The lowest BCUT2D eigenvalue weighted by Crippen LogP contribution is -2.59. The lowest BCUT2D eigenvalue weighted by molar-refractivity contribution is -0.144. The molecule has 4 aliphatic rings. The maximum atomic E-state index is 14.5. The van der Waals surface area contributed by atoms with Gasteiger partial charge in [0.15, 0.2) is 0 Å². The van der Waals surface area contributed by atoms with E-state index in [0.29, 0.717) is 19.4 Å². The van der Waals surface area contributed by atoms with Crippen LogP contribution in [0.3, 0.4) is 0 Å². The van der Waals surface area contributed by atoms with E-state index in [-0.39, 0.29) is 79.8 Å². The summed E-state index contributed by atoms with van der Waals surface area (Å²) >= 11 is 0. The van der Waals surface area contributed by atoms with Gasteiger partial charge < -0.3 is 47.0 Å². The lowest BCUT2D eigenvalue weighted by atomic mass is 9.85. The van der Waals surface area contributed by atoms with E-state index >= 15 is 0 Å². The summed E-state index contributed by atoms with van der Waals surface area (Å²) in [7, 11) is 3.31. The van der Waals surface area contributed by atoms with Crippen LogP contribution in [0.1, 0.15) is 133 Å². The number of rotatable bonds is 16. The van der Waals surface area contributed by atoms with Crippen LogP contribution in [-0.2, 0) is 46.4 Å². The summed E-state index contributed by atoms with van der Waals surface area (Å²) in [5.41, 5.74) is 3.89. The Morgan fingerprint density at radius 1 is 0.671 bits per heavy atom. The van der Waals surface area contributed by atoms with Crippen LogP contribution < -0.4 is 37.2 Å². The van der Waals surface area contributed by atoms with Gasteiger partial charge in [-0.05, 0) is 125 Å². The minimum atomic E-state index is -1.01. The Morgan fingerprint density at radius 2 is 1.23 bits per heavy atom. The average molecular weight is 960 g/mol. The number of hydrogen-bond acceptors (Lipinski definition) is 9. The van der Waals surface area contributed by atoms with Gasteiger partial charge in [0, 0.05) is 38.4 Å². The molecule has 0 saturated carbocycles. The van der Waals surface area contributed by atoms with Crippen LogP contribution in [0.25, 0.3) is 0 Å². The predicted octanol–water partition coefficient (Wildman–Crippen LogP) is 2.86. The van der Waals surface area contributed by atoms with Crippen molar-refractivity contribution in [1.29, 1.82) is 0 Å². The first kappa shape index (κ1) is 53.1.